The van der Waals surface area contributed by atoms with Gasteiger partial charge in [0.25, 0.3) is 5.56 Å². The topological polar surface area (TPSA) is 88.5 Å². The standard InChI is InChI=1S/C24H27ClFN5O3/c1-30(2)12-3-4-13-34-24(33)28-18-7-5-6-17(14-18)16-31-23(32)11-10-22(29-31)27-19-8-9-21(26)20(25)15-19/h5-11,14-15H,3-4,12-13,16H2,1-2H3,(H,27,29)(H,28,33). The molecule has 0 spiro atoms. The fourth-order valence-corrected chi connectivity index (χ4v) is 3.30. The lowest BCUT2D eigenvalue weighted by molar-refractivity contribution is 0.158. The Morgan fingerprint density at radius 2 is 1.94 bits per heavy atom. The molecule has 8 nitrogen and oxygen atoms in total. The summed E-state index contributed by atoms with van der Waals surface area (Å²) in [5, 5.41) is 10.00. The molecule has 2 aromatic carbocycles. The van der Waals surface area contributed by atoms with Crippen LogP contribution in [0.25, 0.3) is 0 Å². The summed E-state index contributed by atoms with van der Waals surface area (Å²) in [5.41, 5.74) is 1.56. The monoisotopic (exact) mass is 487 g/mol. The molecular weight excluding hydrogens is 461 g/mol. The van der Waals surface area contributed by atoms with Crippen LogP contribution >= 0.6 is 11.6 Å². The van der Waals surface area contributed by atoms with Crippen molar-refractivity contribution < 1.29 is 13.9 Å². The van der Waals surface area contributed by atoms with E-state index in [-0.39, 0.29) is 17.1 Å². The fraction of sp³-hybridized carbons (Fsp3) is 0.292. The minimum Gasteiger partial charge on any atom is -0.449 e. The molecule has 3 aromatic rings. The van der Waals surface area contributed by atoms with Crippen LogP contribution in [0, 0.1) is 5.82 Å². The van der Waals surface area contributed by atoms with E-state index in [0.29, 0.717) is 23.8 Å². The van der Waals surface area contributed by atoms with Gasteiger partial charge in [0.1, 0.15) is 5.82 Å². The molecule has 0 saturated heterocycles. The maximum absolute atomic E-state index is 13.4. The Morgan fingerprint density at radius 1 is 1.12 bits per heavy atom. The number of rotatable bonds is 10. The van der Waals surface area contributed by atoms with E-state index in [1.165, 1.54) is 35.0 Å². The van der Waals surface area contributed by atoms with Gasteiger partial charge in [-0.3, -0.25) is 10.1 Å². The van der Waals surface area contributed by atoms with Crippen molar-refractivity contribution in [1.29, 1.82) is 0 Å². The average Bonchev–Trinajstić information content (AvgIpc) is 2.78. The molecule has 0 aliphatic heterocycles. The molecule has 1 aromatic heterocycles. The summed E-state index contributed by atoms with van der Waals surface area (Å²) in [6.07, 6.45) is 1.20. The predicted octanol–water partition coefficient (Wildman–Crippen LogP) is 4.72. The molecule has 180 valence electrons. The van der Waals surface area contributed by atoms with E-state index in [9.17, 15) is 14.0 Å². The van der Waals surface area contributed by atoms with Gasteiger partial charge in [-0.05, 0) is 75.4 Å². The third-order valence-corrected chi connectivity index (χ3v) is 5.09. The Bertz CT molecular complexity index is 1190. The van der Waals surface area contributed by atoms with Gasteiger partial charge in [-0.15, -0.1) is 0 Å². The molecule has 0 unspecified atom stereocenters. The summed E-state index contributed by atoms with van der Waals surface area (Å²) in [5.74, 6) is -0.124. The molecule has 0 fully saturated rings. The van der Waals surface area contributed by atoms with Crippen molar-refractivity contribution in [2.45, 2.75) is 19.4 Å². The number of benzene rings is 2. The number of unbranched alkanes of at least 4 members (excludes halogenated alkanes) is 1. The first kappa shape index (κ1) is 25.2. The quantitative estimate of drug-likeness (QED) is 0.402. The zero-order valence-corrected chi connectivity index (χ0v) is 19.8. The number of carbonyl (C=O) groups is 1. The van der Waals surface area contributed by atoms with Crippen molar-refractivity contribution in [1.82, 2.24) is 14.7 Å². The fourth-order valence-electron chi connectivity index (χ4n) is 3.12. The zero-order valence-electron chi connectivity index (χ0n) is 19.1. The van der Waals surface area contributed by atoms with E-state index in [4.69, 9.17) is 16.3 Å². The Labute approximate surface area is 202 Å². The largest absolute Gasteiger partial charge is 0.449 e. The highest BCUT2D eigenvalue weighted by Gasteiger charge is 2.07. The first-order chi connectivity index (χ1) is 16.3. The Morgan fingerprint density at radius 3 is 2.71 bits per heavy atom. The first-order valence-corrected chi connectivity index (χ1v) is 11.2. The molecule has 34 heavy (non-hydrogen) atoms. The maximum atomic E-state index is 13.4. The molecule has 0 aliphatic rings. The van der Waals surface area contributed by atoms with Gasteiger partial charge < -0.3 is 15.0 Å². The molecule has 0 aliphatic carbocycles. The van der Waals surface area contributed by atoms with Gasteiger partial charge in [-0.25, -0.2) is 13.9 Å². The number of halogens is 2. The highest BCUT2D eigenvalue weighted by atomic mass is 35.5. The van der Waals surface area contributed by atoms with Crippen LogP contribution in [-0.2, 0) is 11.3 Å². The SMILES string of the molecule is CN(C)CCCCOC(=O)Nc1cccc(Cn2nc(Nc3ccc(F)c(Cl)c3)ccc2=O)c1. The van der Waals surface area contributed by atoms with Crippen molar-refractivity contribution in [3.63, 3.8) is 0 Å². The molecular formula is C24H27ClFN5O3. The van der Waals surface area contributed by atoms with E-state index < -0.39 is 11.9 Å². The molecule has 0 bridgehead atoms. The second-order valence-corrected chi connectivity index (χ2v) is 8.35. The van der Waals surface area contributed by atoms with E-state index in [1.807, 2.05) is 20.2 Å². The molecule has 3 rings (SSSR count). The number of hydrogen-bond donors (Lipinski definition) is 2. The van der Waals surface area contributed by atoms with Crippen LogP contribution in [0.5, 0.6) is 0 Å². The zero-order chi connectivity index (χ0) is 24.5. The minimum absolute atomic E-state index is 0.0188. The van der Waals surface area contributed by atoms with Crippen LogP contribution in [-0.4, -0.2) is 48.0 Å². The number of amides is 1. The lowest BCUT2D eigenvalue weighted by atomic mass is 10.2. The van der Waals surface area contributed by atoms with E-state index >= 15 is 0 Å². The Balaban J connectivity index is 1.60. The Kier molecular flexibility index (Phi) is 9.00. The number of ether oxygens (including phenoxy) is 1. The molecule has 10 heteroatoms. The molecule has 1 amide bonds. The van der Waals surface area contributed by atoms with Crippen LogP contribution in [0.3, 0.4) is 0 Å². The van der Waals surface area contributed by atoms with Gasteiger partial charge in [0.2, 0.25) is 0 Å². The van der Waals surface area contributed by atoms with Gasteiger partial charge in [-0.1, -0.05) is 23.7 Å². The molecule has 1 heterocycles. The smallest absolute Gasteiger partial charge is 0.411 e. The van der Waals surface area contributed by atoms with Gasteiger partial charge in [0, 0.05) is 17.4 Å². The van der Waals surface area contributed by atoms with Crippen LogP contribution in [0.15, 0.2) is 59.4 Å². The maximum Gasteiger partial charge on any atom is 0.411 e. The summed E-state index contributed by atoms with van der Waals surface area (Å²) < 4.78 is 19.9. The number of nitrogens with zero attached hydrogens (tertiary/aromatic N) is 3. The number of anilines is 3. The second-order valence-electron chi connectivity index (χ2n) is 7.94. The third-order valence-electron chi connectivity index (χ3n) is 4.80. The highest BCUT2D eigenvalue weighted by Crippen LogP contribution is 2.21. The highest BCUT2D eigenvalue weighted by molar-refractivity contribution is 6.31. The van der Waals surface area contributed by atoms with Gasteiger partial charge in [0.15, 0.2) is 5.82 Å². The number of hydrogen-bond acceptors (Lipinski definition) is 6. The molecule has 0 radical (unpaired) electrons. The van der Waals surface area contributed by atoms with Crippen LogP contribution < -0.4 is 16.2 Å². The molecule has 0 saturated carbocycles. The minimum atomic E-state index is -0.526. The Hall–Kier alpha value is -3.43. The summed E-state index contributed by atoms with van der Waals surface area (Å²) in [7, 11) is 4.00. The summed E-state index contributed by atoms with van der Waals surface area (Å²) in [4.78, 5) is 26.4. The lowest BCUT2D eigenvalue weighted by Gasteiger charge is -2.11. The van der Waals surface area contributed by atoms with Crippen LogP contribution in [0.1, 0.15) is 18.4 Å². The predicted molar refractivity (Wildman–Crippen MR) is 131 cm³/mol. The van der Waals surface area contributed by atoms with E-state index in [0.717, 1.165) is 24.9 Å². The summed E-state index contributed by atoms with van der Waals surface area (Å²) >= 11 is 5.82. The molecule has 2 N–H and O–H groups in total. The van der Waals surface area contributed by atoms with Gasteiger partial charge in [-0.2, -0.15) is 5.10 Å². The van der Waals surface area contributed by atoms with E-state index in [1.54, 1.807) is 18.2 Å². The van der Waals surface area contributed by atoms with Crippen molar-refractivity contribution in [3.05, 3.63) is 81.4 Å². The first-order valence-electron chi connectivity index (χ1n) is 10.8. The van der Waals surface area contributed by atoms with Gasteiger partial charge >= 0.3 is 6.09 Å². The number of carbonyl (C=O) groups excluding carboxylic acids is 1. The normalized spacial score (nSPS) is 10.9. The number of nitrogens with one attached hydrogen (secondary N) is 2. The summed E-state index contributed by atoms with van der Waals surface area (Å²) in [6.45, 7) is 1.47. The molecule has 0 atom stereocenters. The van der Waals surface area contributed by atoms with E-state index in [2.05, 4.69) is 20.6 Å². The van der Waals surface area contributed by atoms with Crippen LogP contribution in [0.4, 0.5) is 26.4 Å². The van der Waals surface area contributed by atoms with Crippen molar-refractivity contribution >= 4 is 34.9 Å². The summed E-state index contributed by atoms with van der Waals surface area (Å²) in [6, 6.07) is 14.2. The third kappa shape index (κ3) is 7.86. The van der Waals surface area contributed by atoms with Gasteiger partial charge in [0.05, 0.1) is 18.2 Å². The van der Waals surface area contributed by atoms with Crippen molar-refractivity contribution in [2.24, 2.45) is 0 Å². The average molecular weight is 488 g/mol. The van der Waals surface area contributed by atoms with Crippen LogP contribution in [0.2, 0.25) is 5.02 Å². The lowest BCUT2D eigenvalue weighted by Crippen LogP contribution is -2.23. The van der Waals surface area contributed by atoms with Crippen molar-refractivity contribution in [3.8, 4) is 0 Å². The second kappa shape index (κ2) is 12.2. The number of aromatic nitrogens is 2. The van der Waals surface area contributed by atoms with Crippen molar-refractivity contribution in [2.75, 3.05) is 37.9 Å².